The highest BCUT2D eigenvalue weighted by atomic mass is 35.5. The van der Waals surface area contributed by atoms with E-state index in [1.165, 1.54) is 71.7 Å². The Morgan fingerprint density at radius 2 is 0.669 bits per heavy atom. The minimum absolute atomic E-state index is 0.0197. The van der Waals surface area contributed by atoms with E-state index in [9.17, 15) is 58.8 Å². The van der Waals surface area contributed by atoms with E-state index in [-0.39, 0.29) is 114 Å². The Morgan fingerprint density at radius 3 is 0.993 bits per heavy atom. The number of amides is 8. The van der Waals surface area contributed by atoms with Crippen molar-refractivity contribution in [1.29, 1.82) is 0 Å². The Kier molecular flexibility index (Phi) is 35.4. The monoisotopic (exact) mass is 2080 g/mol. The molecule has 9 aliphatic rings. The van der Waals surface area contributed by atoms with Gasteiger partial charge in [0, 0.05) is 230 Å². The third kappa shape index (κ3) is 28.1. The number of phenols is 4. The van der Waals surface area contributed by atoms with Crippen LogP contribution in [-0.2, 0) is 38.4 Å². The van der Waals surface area contributed by atoms with Crippen molar-refractivity contribution in [3.63, 3.8) is 0 Å². The van der Waals surface area contributed by atoms with Crippen LogP contribution in [0.2, 0.25) is 20.1 Å². The van der Waals surface area contributed by atoms with Crippen LogP contribution in [0.3, 0.4) is 0 Å². The molecule has 8 aromatic carbocycles. The number of hydrogen-bond acceptors (Lipinski definition) is 26. The number of halogens is 4. The molecule has 0 unspecified atom stereocenters. The summed E-state index contributed by atoms with van der Waals surface area (Å²) in [5, 5.41) is 50.4. The van der Waals surface area contributed by atoms with Gasteiger partial charge in [-0.15, -0.1) is 0 Å². The second kappa shape index (κ2) is 49.9. The molecule has 148 heavy (non-hydrogen) atoms. The van der Waals surface area contributed by atoms with Crippen LogP contribution in [0.1, 0.15) is 43.2 Å². The van der Waals surface area contributed by atoms with E-state index >= 15 is 0 Å². The van der Waals surface area contributed by atoms with Crippen molar-refractivity contribution >= 4 is 145 Å². The smallest absolute Gasteiger partial charge is 0.236 e. The molecule has 8 saturated heterocycles. The molecule has 8 aliphatic heterocycles. The Hall–Kier alpha value is -14.4. The molecule has 770 valence electrons. The average Bonchev–Trinajstić information content (AvgIpc) is 1.72. The largest absolute Gasteiger partial charge is 0.506 e. The van der Waals surface area contributed by atoms with Gasteiger partial charge in [-0.05, 0) is 221 Å². The fraction of sp³-hybridized carbons (Fsp3) is 0.345. The lowest BCUT2D eigenvalue weighted by Crippen LogP contribution is -2.51. The van der Waals surface area contributed by atoms with E-state index in [4.69, 9.17) is 46.4 Å². The lowest BCUT2D eigenvalue weighted by molar-refractivity contribution is -0.133. The first-order chi connectivity index (χ1) is 71.7. The SMILES string of the molecule is Cc1cnc(-c2ccc(N3CCN(C(=O)CN4CC[C@@H](C(=O)Nc5ccc(O)c(Cl)c5)C4)CC3)cc2)nc1.O=C(Nc1ccc(O)c(Cl)c1)[C@@H]1CCN(CC(=O)N2CCN(c3ccc(-c4cnccn4)cc3)CC2)C1.O=C(Nc1ccc(O)c(Cl)c1)[C@@H]1CCN(CC(=O)N2CCN(c3ccc(-c4cncnc4)cc3)CC2)C1.O=C(Nc1ccc(O)c(Cl)c1)[C@@H]1CCN(CC(=O)N2CCN(c3cccc(C4=CCC=C4)c3)CC2)C1. The lowest BCUT2D eigenvalue weighted by atomic mass is 10.1. The van der Waals surface area contributed by atoms with Crippen molar-refractivity contribution in [1.82, 2.24) is 69.1 Å². The van der Waals surface area contributed by atoms with Gasteiger partial charge in [-0.25, -0.2) is 19.9 Å². The number of benzene rings is 8. The number of phenolic OH excluding ortho intramolecular Hbond substituents is 4. The van der Waals surface area contributed by atoms with Crippen LogP contribution in [0.4, 0.5) is 45.5 Å². The highest BCUT2D eigenvalue weighted by Gasteiger charge is 2.38. The van der Waals surface area contributed by atoms with Crippen molar-refractivity contribution in [3.05, 3.63) is 269 Å². The molecular weight excluding hydrogens is 1960 g/mol. The van der Waals surface area contributed by atoms with E-state index in [1.807, 2.05) is 68.1 Å². The van der Waals surface area contributed by atoms with Crippen molar-refractivity contribution in [3.8, 4) is 56.8 Å². The summed E-state index contributed by atoms with van der Waals surface area (Å²) in [6, 6.07) is 51.8. The van der Waals surface area contributed by atoms with Gasteiger partial charge in [-0.2, -0.15) is 0 Å². The van der Waals surface area contributed by atoms with Gasteiger partial charge in [0.15, 0.2) is 5.82 Å². The lowest BCUT2D eigenvalue weighted by Gasteiger charge is -2.37. The number of piperazine rings is 4. The number of aromatic hydroxyl groups is 4. The third-order valence-electron chi connectivity index (χ3n) is 28.2. The zero-order valence-electron chi connectivity index (χ0n) is 82.3. The summed E-state index contributed by atoms with van der Waals surface area (Å²) in [5.74, 6) is -0.115. The molecule has 11 aromatic rings. The minimum Gasteiger partial charge on any atom is -0.506 e. The number of hydrogen-bond donors (Lipinski definition) is 8. The van der Waals surface area contributed by atoms with Crippen LogP contribution >= 0.6 is 46.4 Å². The molecule has 4 atom stereocenters. The van der Waals surface area contributed by atoms with Gasteiger partial charge in [0.1, 0.15) is 29.3 Å². The van der Waals surface area contributed by atoms with E-state index in [2.05, 4.69) is 176 Å². The standard InChI is InChI=1S/C28H31ClN6O3.C28H31ClN4O3.2C27H29ClN6O3/c1-19-15-30-27(31-16-19)20-2-5-23(6-3-20)34-10-12-35(13-11-34)26(37)18-33-9-8-21(17-33)28(38)32-22-4-7-25(36)24(29)14-22;29-25-17-23(8-9-26(25)34)30-28(36)22-10-11-31(18-22)19-27(35)33-14-12-32(13-15-33)24-7-3-6-21(16-24)20-4-1-2-5-20;28-23-15-21(3-6-25(23)35)31-27(37)20-7-10-32(17-20)18-26(36)34-13-11-33(12-14-34)22-4-1-19(2-5-22)24-16-29-8-9-30-24;28-24-13-22(3-6-25(24)35)31-27(37)20-7-8-32(16-20)17-26(36)34-11-9-33(10-12-34)23-4-1-19(2-5-23)21-14-29-18-30-15-21/h2-7,14-16,21,36H,8-13,17-18H2,1H3,(H,32,38);1,3-9,16-17,22,34H,2,10-15,18-19H2,(H,30,36);1-6,8-9,15-16,20,35H,7,10-14,17-18H2,(H,31,37);1-6,13-15,18,20,35H,7-12,16-17H2,(H,31,37)/t21-;22-;2*20-/m1111/s1. The molecule has 0 bridgehead atoms. The summed E-state index contributed by atoms with van der Waals surface area (Å²) < 4.78 is 0. The molecule has 20 rings (SSSR count). The van der Waals surface area contributed by atoms with E-state index < -0.39 is 0 Å². The summed E-state index contributed by atoms with van der Waals surface area (Å²) in [7, 11) is 0. The topological polar surface area (TPSA) is 382 Å². The van der Waals surface area contributed by atoms with Gasteiger partial charge >= 0.3 is 0 Å². The minimum atomic E-state index is -0.194. The quantitative estimate of drug-likeness (QED) is 0.0260. The summed E-state index contributed by atoms with van der Waals surface area (Å²) in [5.41, 5.74) is 15.2. The van der Waals surface area contributed by atoms with Crippen LogP contribution in [0, 0.1) is 30.6 Å². The molecule has 8 fully saturated rings. The van der Waals surface area contributed by atoms with Crippen molar-refractivity contribution in [2.24, 2.45) is 23.7 Å². The summed E-state index contributed by atoms with van der Waals surface area (Å²) >= 11 is 23.7. The fourth-order valence-corrected chi connectivity index (χ4v) is 20.3. The molecule has 0 spiro atoms. The first-order valence-corrected chi connectivity index (χ1v) is 51.5. The van der Waals surface area contributed by atoms with Crippen LogP contribution in [-0.4, -0.2) is 320 Å². The normalized spacial score (nSPS) is 18.6. The maximum atomic E-state index is 13.0. The van der Waals surface area contributed by atoms with Crippen LogP contribution in [0.5, 0.6) is 23.0 Å². The molecule has 1 aliphatic carbocycles. The van der Waals surface area contributed by atoms with Gasteiger partial charge in [-0.1, -0.05) is 101 Å². The van der Waals surface area contributed by atoms with Gasteiger partial charge in [0.2, 0.25) is 47.3 Å². The second-order valence-electron chi connectivity index (χ2n) is 38.3. The predicted molar refractivity (Wildman–Crippen MR) is 576 cm³/mol. The Labute approximate surface area is 879 Å². The number of rotatable bonds is 24. The van der Waals surface area contributed by atoms with Crippen molar-refractivity contribution < 1.29 is 58.8 Å². The number of allylic oxidation sites excluding steroid dienone is 4. The van der Waals surface area contributed by atoms with E-state index in [1.54, 1.807) is 55.2 Å². The number of aryl methyl sites for hydroxylation is 1. The number of carbonyl (C=O) groups is 8. The summed E-state index contributed by atoms with van der Waals surface area (Å²) in [6.07, 6.45) is 24.2. The summed E-state index contributed by atoms with van der Waals surface area (Å²) in [6.45, 7) is 20.0. The fourth-order valence-electron chi connectivity index (χ4n) is 19.6. The Balaban J connectivity index is 0.000000135. The van der Waals surface area contributed by atoms with Crippen LogP contribution in [0.15, 0.2) is 238 Å². The molecule has 8 amide bonds. The van der Waals surface area contributed by atoms with Crippen LogP contribution < -0.4 is 40.9 Å². The Bertz CT molecular complexity index is 6360. The molecule has 0 saturated carbocycles. The van der Waals surface area contributed by atoms with Gasteiger partial charge in [0.05, 0.1) is 81.8 Å². The molecule has 11 heterocycles. The van der Waals surface area contributed by atoms with Crippen molar-refractivity contribution in [2.45, 2.75) is 39.0 Å². The molecular formula is C110H120Cl4N22O12. The first-order valence-electron chi connectivity index (χ1n) is 50.0. The predicted octanol–water partition coefficient (Wildman–Crippen LogP) is 13.6. The van der Waals surface area contributed by atoms with Gasteiger partial charge in [-0.3, -0.25) is 67.9 Å². The van der Waals surface area contributed by atoms with E-state index in [0.717, 1.165) is 116 Å². The molecule has 34 nitrogen and oxygen atoms in total. The molecule has 38 heteroatoms. The number of nitrogens with one attached hydrogen (secondary N) is 4. The van der Waals surface area contributed by atoms with Gasteiger partial charge in [0.25, 0.3) is 0 Å². The molecule has 3 aromatic heterocycles. The number of likely N-dealkylation sites (tertiary alicyclic amines) is 4. The number of nitrogens with zero attached hydrogens (tertiary/aromatic N) is 18. The number of carbonyl (C=O) groups excluding carboxylic acids is 8. The van der Waals surface area contributed by atoms with Crippen molar-refractivity contribution in [2.75, 3.05) is 224 Å². The third-order valence-corrected chi connectivity index (χ3v) is 29.4. The van der Waals surface area contributed by atoms with E-state index in [0.29, 0.717) is 179 Å². The maximum absolute atomic E-state index is 13.0. The maximum Gasteiger partial charge on any atom is 0.236 e. The zero-order chi connectivity index (χ0) is 103. The zero-order valence-corrected chi connectivity index (χ0v) is 85.3. The molecule has 0 radical (unpaired) electrons. The molecule has 8 N–H and O–H groups in total. The average molecular weight is 2080 g/mol. The number of aromatic nitrogens is 6. The number of anilines is 8. The van der Waals surface area contributed by atoms with Gasteiger partial charge < -0.3 is 80.9 Å². The van der Waals surface area contributed by atoms with Crippen LogP contribution in [0.25, 0.3) is 39.3 Å². The second-order valence-corrected chi connectivity index (χ2v) is 39.9. The first kappa shape index (κ1) is 105. The Morgan fingerprint density at radius 1 is 0.331 bits per heavy atom. The highest BCUT2D eigenvalue weighted by molar-refractivity contribution is 6.33. The highest BCUT2D eigenvalue weighted by Crippen LogP contribution is 2.36. The summed E-state index contributed by atoms with van der Waals surface area (Å²) in [4.78, 5) is 153.